The molecule has 0 aliphatic carbocycles. The van der Waals surface area contributed by atoms with Gasteiger partial charge < -0.3 is 9.47 Å². The molecule has 9 heteroatoms. The van der Waals surface area contributed by atoms with Crippen LogP contribution in [-0.4, -0.2) is 65.4 Å². The molecule has 3 aliphatic heterocycles. The molecule has 3 saturated heterocycles. The molecule has 0 saturated carbocycles. The second-order valence-corrected chi connectivity index (χ2v) is 14.5. The number of benzene rings is 3. The van der Waals surface area contributed by atoms with Crippen LogP contribution in [0, 0.1) is 6.92 Å². The van der Waals surface area contributed by atoms with Crippen molar-refractivity contribution >= 4 is 27.0 Å². The second-order valence-electron chi connectivity index (χ2n) is 13.0. The normalized spacial score (nSPS) is 23.7. The molecule has 1 unspecified atom stereocenters. The molecule has 4 aromatic rings. The lowest BCUT2D eigenvalue weighted by molar-refractivity contribution is 0.0603. The second kappa shape index (κ2) is 11.4. The standard InChI is InChI=1S/C35H41N5O3S/c1-25-37-31-12-6-7-13-32(31)40(25)29-23-27-15-16-28(24-29)39(27)22-19-35(26-9-3-2-4-10-26)17-20-38(21-18-35)34(41)30-11-5-8-14-33(30)44(36,42)43/h2-14,27-29H,15-24H2,1H3,(H2,36,42,43)/t27-,28+,29?. The molecule has 44 heavy (non-hydrogen) atoms. The summed E-state index contributed by atoms with van der Waals surface area (Å²) in [6, 6.07) is 27.2. The van der Waals surface area contributed by atoms with Gasteiger partial charge in [0.25, 0.3) is 5.91 Å². The van der Waals surface area contributed by atoms with Crippen LogP contribution in [0.15, 0.2) is 83.8 Å². The van der Waals surface area contributed by atoms with Crippen molar-refractivity contribution in [3.63, 3.8) is 0 Å². The van der Waals surface area contributed by atoms with Gasteiger partial charge in [-0.1, -0.05) is 54.6 Å². The number of amides is 1. The van der Waals surface area contributed by atoms with Gasteiger partial charge in [0.1, 0.15) is 5.82 Å². The van der Waals surface area contributed by atoms with Gasteiger partial charge in [-0.3, -0.25) is 9.69 Å². The summed E-state index contributed by atoms with van der Waals surface area (Å²) in [6.07, 6.45) is 7.52. The van der Waals surface area contributed by atoms with Crippen molar-refractivity contribution in [2.45, 2.75) is 80.3 Å². The first kappa shape index (κ1) is 29.2. The smallest absolute Gasteiger partial charge is 0.255 e. The van der Waals surface area contributed by atoms with Crippen LogP contribution in [0.4, 0.5) is 0 Å². The highest BCUT2D eigenvalue weighted by atomic mass is 32.2. The molecule has 0 radical (unpaired) electrons. The van der Waals surface area contributed by atoms with Crippen LogP contribution in [0.1, 0.15) is 72.7 Å². The lowest BCUT2D eigenvalue weighted by Crippen LogP contribution is -2.49. The number of imidazole rings is 1. The quantitative estimate of drug-likeness (QED) is 0.301. The number of carbonyl (C=O) groups is 1. The van der Waals surface area contributed by atoms with Gasteiger partial charge in [0, 0.05) is 31.2 Å². The van der Waals surface area contributed by atoms with Gasteiger partial charge in [-0.05, 0) is 93.7 Å². The minimum Gasteiger partial charge on any atom is -0.339 e. The van der Waals surface area contributed by atoms with E-state index in [0.29, 0.717) is 31.2 Å². The maximum atomic E-state index is 13.5. The Labute approximate surface area is 259 Å². The van der Waals surface area contributed by atoms with Gasteiger partial charge in [-0.2, -0.15) is 0 Å². The summed E-state index contributed by atoms with van der Waals surface area (Å²) in [6.45, 7) is 4.34. The number of para-hydroxylation sites is 2. The molecule has 1 aromatic heterocycles. The molecule has 4 heterocycles. The highest BCUT2D eigenvalue weighted by molar-refractivity contribution is 7.89. The van der Waals surface area contributed by atoms with Crippen molar-refractivity contribution in [1.82, 2.24) is 19.4 Å². The third-order valence-corrected chi connectivity index (χ3v) is 11.6. The first-order valence-corrected chi connectivity index (χ1v) is 17.4. The Hall–Kier alpha value is -3.53. The van der Waals surface area contributed by atoms with Gasteiger partial charge in [0.05, 0.1) is 21.5 Å². The molecule has 230 valence electrons. The predicted octanol–water partition coefficient (Wildman–Crippen LogP) is 5.42. The van der Waals surface area contributed by atoms with E-state index in [9.17, 15) is 13.2 Å². The van der Waals surface area contributed by atoms with E-state index in [1.165, 1.54) is 30.0 Å². The van der Waals surface area contributed by atoms with E-state index in [1.54, 1.807) is 23.1 Å². The number of hydrogen-bond donors (Lipinski definition) is 1. The Morgan fingerprint density at radius 3 is 2.23 bits per heavy atom. The summed E-state index contributed by atoms with van der Waals surface area (Å²) in [7, 11) is -4.00. The van der Waals surface area contributed by atoms with Gasteiger partial charge in [-0.25, -0.2) is 18.5 Å². The fourth-order valence-corrected chi connectivity index (χ4v) is 9.19. The van der Waals surface area contributed by atoms with E-state index in [2.05, 4.69) is 71.0 Å². The molecule has 2 bridgehead atoms. The van der Waals surface area contributed by atoms with E-state index in [0.717, 1.165) is 50.0 Å². The van der Waals surface area contributed by atoms with Crippen molar-refractivity contribution in [2.24, 2.45) is 5.14 Å². The van der Waals surface area contributed by atoms with Crippen LogP contribution in [0.2, 0.25) is 0 Å². The van der Waals surface area contributed by atoms with E-state index in [4.69, 9.17) is 10.1 Å². The number of piperidine rings is 2. The van der Waals surface area contributed by atoms with Crippen LogP contribution in [0.3, 0.4) is 0 Å². The number of hydrogen-bond acceptors (Lipinski definition) is 5. The summed E-state index contributed by atoms with van der Waals surface area (Å²) >= 11 is 0. The van der Waals surface area contributed by atoms with Crippen LogP contribution in [-0.2, 0) is 15.4 Å². The largest absolute Gasteiger partial charge is 0.339 e. The van der Waals surface area contributed by atoms with Crippen LogP contribution in [0.25, 0.3) is 11.0 Å². The average Bonchev–Trinajstić information content (AvgIpc) is 3.50. The summed E-state index contributed by atoms with van der Waals surface area (Å²) in [4.78, 5) is 22.9. The van der Waals surface area contributed by atoms with Gasteiger partial charge in [-0.15, -0.1) is 0 Å². The van der Waals surface area contributed by atoms with Crippen molar-refractivity contribution in [2.75, 3.05) is 19.6 Å². The summed E-state index contributed by atoms with van der Waals surface area (Å²) in [5, 5.41) is 5.44. The lowest BCUT2D eigenvalue weighted by Gasteiger charge is -2.45. The Bertz CT molecular complexity index is 1760. The van der Waals surface area contributed by atoms with Crippen molar-refractivity contribution < 1.29 is 13.2 Å². The molecule has 1 amide bonds. The highest BCUT2D eigenvalue weighted by Crippen LogP contribution is 2.45. The zero-order chi connectivity index (χ0) is 30.5. The number of fused-ring (bicyclic) bond motifs is 3. The van der Waals surface area contributed by atoms with E-state index >= 15 is 0 Å². The van der Waals surface area contributed by atoms with E-state index in [-0.39, 0.29) is 21.8 Å². The Morgan fingerprint density at radius 2 is 1.52 bits per heavy atom. The summed E-state index contributed by atoms with van der Waals surface area (Å²) in [5.74, 6) is 0.846. The monoisotopic (exact) mass is 611 g/mol. The zero-order valence-electron chi connectivity index (χ0n) is 25.3. The first-order valence-electron chi connectivity index (χ1n) is 15.9. The number of likely N-dealkylation sites (tertiary alicyclic amines) is 1. The molecule has 7 rings (SSSR count). The zero-order valence-corrected chi connectivity index (χ0v) is 26.1. The highest BCUT2D eigenvalue weighted by Gasteiger charge is 2.44. The molecule has 3 atom stereocenters. The maximum absolute atomic E-state index is 13.5. The number of aromatic nitrogens is 2. The molecule has 8 nitrogen and oxygen atoms in total. The lowest BCUT2D eigenvalue weighted by atomic mass is 9.70. The van der Waals surface area contributed by atoms with Crippen LogP contribution >= 0.6 is 0 Å². The molecule has 3 aromatic carbocycles. The van der Waals surface area contributed by atoms with E-state index in [1.807, 2.05) is 0 Å². The molecule has 2 N–H and O–H groups in total. The fraction of sp³-hybridized carbons (Fsp3) is 0.429. The third-order valence-electron chi connectivity index (χ3n) is 10.7. The van der Waals surface area contributed by atoms with E-state index < -0.39 is 10.0 Å². The van der Waals surface area contributed by atoms with Crippen molar-refractivity contribution in [3.05, 3.63) is 95.8 Å². The minimum absolute atomic E-state index is 0.0368. The van der Waals surface area contributed by atoms with Gasteiger partial charge in [0.15, 0.2) is 0 Å². The first-order chi connectivity index (χ1) is 21.2. The maximum Gasteiger partial charge on any atom is 0.255 e. The van der Waals surface area contributed by atoms with Crippen molar-refractivity contribution in [1.29, 1.82) is 0 Å². The Kier molecular flexibility index (Phi) is 7.59. The number of carbonyl (C=O) groups excluding carboxylic acids is 1. The fourth-order valence-electron chi connectivity index (χ4n) is 8.46. The Balaban J connectivity index is 1.07. The number of nitrogens with two attached hydrogens (primary N) is 1. The number of primary sulfonamides is 1. The molecule has 0 spiro atoms. The number of sulfonamides is 1. The van der Waals surface area contributed by atoms with Crippen LogP contribution < -0.4 is 5.14 Å². The number of nitrogens with zero attached hydrogens (tertiary/aromatic N) is 4. The summed E-state index contributed by atoms with van der Waals surface area (Å²) in [5.41, 5.74) is 3.79. The minimum atomic E-state index is -4.00. The average molecular weight is 612 g/mol. The molecular weight excluding hydrogens is 570 g/mol. The predicted molar refractivity (Wildman–Crippen MR) is 172 cm³/mol. The number of aryl methyl sites for hydroxylation is 1. The Morgan fingerprint density at radius 1 is 0.886 bits per heavy atom. The number of rotatable bonds is 7. The van der Waals surface area contributed by atoms with Gasteiger partial charge >= 0.3 is 0 Å². The topological polar surface area (TPSA) is 102 Å². The third kappa shape index (κ3) is 5.25. The molecular formula is C35H41N5O3S. The SMILES string of the molecule is Cc1nc2ccccc2n1C1C[C@H]2CC[C@@H](C1)N2CCC1(c2ccccc2)CCN(C(=O)c2ccccc2S(N)(=O)=O)CC1. The molecule has 3 fully saturated rings. The molecule has 3 aliphatic rings. The van der Waals surface area contributed by atoms with Crippen LogP contribution in [0.5, 0.6) is 0 Å². The van der Waals surface area contributed by atoms with Gasteiger partial charge in [0.2, 0.25) is 10.0 Å². The van der Waals surface area contributed by atoms with Crippen molar-refractivity contribution in [3.8, 4) is 0 Å². The summed E-state index contributed by atoms with van der Waals surface area (Å²) < 4.78 is 26.9.